The summed E-state index contributed by atoms with van der Waals surface area (Å²) in [4.78, 5) is 24.0. The van der Waals surface area contributed by atoms with Gasteiger partial charge in [-0.1, -0.05) is 0 Å². The molecular weight excluding hydrogens is 344 g/mol. The molecule has 1 amide bonds. The number of hydrogen-bond donors (Lipinski definition) is 2. The molecule has 0 aromatic carbocycles. The van der Waals surface area contributed by atoms with Gasteiger partial charge in [0, 0.05) is 25.3 Å². The molecule has 0 spiro atoms. The molecule has 7 nitrogen and oxygen atoms in total. The van der Waals surface area contributed by atoms with Crippen LogP contribution in [0.1, 0.15) is 48.2 Å². The number of aryl methyl sites for hydroxylation is 1. The minimum absolute atomic E-state index is 0.0782. The maximum Gasteiger partial charge on any atom is 0.254 e. The molecule has 5 fully saturated rings. The number of rotatable bonds is 3. The fourth-order valence-electron chi connectivity index (χ4n) is 6.04. The molecule has 4 aliphatic carbocycles. The number of carbonyl (C=O) groups is 1. The van der Waals surface area contributed by atoms with Gasteiger partial charge in [0.15, 0.2) is 0 Å². The predicted molar refractivity (Wildman–Crippen MR) is 99.6 cm³/mol. The van der Waals surface area contributed by atoms with Crippen LogP contribution in [-0.2, 0) is 4.74 Å². The van der Waals surface area contributed by atoms with Crippen LogP contribution >= 0.6 is 0 Å². The Kier molecular flexibility index (Phi) is 4.13. The highest BCUT2D eigenvalue weighted by Crippen LogP contribution is 2.55. The number of nitrogens with zero attached hydrogens (tertiary/aromatic N) is 3. The number of aliphatic hydroxyl groups is 1. The second-order valence-corrected chi connectivity index (χ2v) is 8.96. The van der Waals surface area contributed by atoms with Gasteiger partial charge in [0.25, 0.3) is 5.91 Å². The number of anilines is 1. The van der Waals surface area contributed by atoms with E-state index in [0.717, 1.165) is 45.2 Å². The molecule has 1 aromatic rings. The van der Waals surface area contributed by atoms with E-state index < -0.39 is 5.60 Å². The lowest BCUT2D eigenvalue weighted by molar-refractivity contribution is -0.136. The van der Waals surface area contributed by atoms with E-state index in [-0.39, 0.29) is 11.9 Å². The normalized spacial score (nSPS) is 37.5. The van der Waals surface area contributed by atoms with Gasteiger partial charge in [-0.2, -0.15) is 0 Å². The smallest absolute Gasteiger partial charge is 0.254 e. The van der Waals surface area contributed by atoms with Gasteiger partial charge < -0.3 is 20.1 Å². The molecule has 5 aliphatic rings. The minimum Gasteiger partial charge on any atom is -0.390 e. The average molecular weight is 372 g/mol. The zero-order valence-electron chi connectivity index (χ0n) is 15.9. The highest BCUT2D eigenvalue weighted by Gasteiger charge is 2.55. The summed E-state index contributed by atoms with van der Waals surface area (Å²) >= 11 is 0. The van der Waals surface area contributed by atoms with Crippen LogP contribution in [0.4, 0.5) is 5.95 Å². The number of carbonyl (C=O) groups excluding carboxylic acids is 1. The van der Waals surface area contributed by atoms with E-state index in [9.17, 15) is 9.90 Å². The van der Waals surface area contributed by atoms with E-state index in [4.69, 9.17) is 4.74 Å². The van der Waals surface area contributed by atoms with E-state index in [0.29, 0.717) is 48.2 Å². The molecular formula is C20H28N4O3. The fraction of sp³-hybridized carbons (Fsp3) is 0.750. The summed E-state index contributed by atoms with van der Waals surface area (Å²) in [7, 11) is 0. The summed E-state index contributed by atoms with van der Waals surface area (Å²) in [6.45, 7) is 4.80. The number of ether oxygens (including phenoxy) is 1. The third-order valence-electron chi connectivity index (χ3n) is 7.04. The molecule has 2 unspecified atom stereocenters. The van der Waals surface area contributed by atoms with E-state index in [2.05, 4.69) is 20.2 Å². The van der Waals surface area contributed by atoms with Crippen molar-refractivity contribution in [2.45, 2.75) is 50.7 Å². The first-order valence-corrected chi connectivity index (χ1v) is 10.2. The lowest BCUT2D eigenvalue weighted by atomic mass is 9.52. The van der Waals surface area contributed by atoms with Gasteiger partial charge in [0.1, 0.15) is 0 Å². The van der Waals surface area contributed by atoms with Crippen molar-refractivity contribution in [1.82, 2.24) is 15.3 Å². The fourth-order valence-corrected chi connectivity index (χ4v) is 6.04. The van der Waals surface area contributed by atoms with Crippen LogP contribution in [0.15, 0.2) is 6.20 Å². The van der Waals surface area contributed by atoms with Crippen molar-refractivity contribution in [1.29, 1.82) is 0 Å². The standard InChI is InChI=1S/C20H28N4O3/c1-12-16(11-21-19(22-12)24-2-4-27-5-3-24)18(25)23-17-14-6-13-7-15(17)10-20(26,8-13)9-14/h11,13-15,17,26H,2-10H2,1H3,(H,23,25). The molecule has 6 rings (SSSR count). The Labute approximate surface area is 159 Å². The highest BCUT2D eigenvalue weighted by atomic mass is 16.5. The number of morpholine rings is 1. The Morgan fingerprint density at radius 3 is 2.59 bits per heavy atom. The zero-order valence-corrected chi connectivity index (χ0v) is 15.9. The number of hydrogen-bond acceptors (Lipinski definition) is 6. The number of aromatic nitrogens is 2. The second kappa shape index (κ2) is 6.41. The van der Waals surface area contributed by atoms with Gasteiger partial charge in [-0.25, -0.2) is 9.97 Å². The highest BCUT2D eigenvalue weighted by molar-refractivity contribution is 5.95. The molecule has 2 heterocycles. The summed E-state index contributed by atoms with van der Waals surface area (Å²) in [6.07, 6.45) is 6.54. The number of nitrogens with one attached hydrogen (secondary N) is 1. The van der Waals surface area contributed by atoms with Crippen LogP contribution < -0.4 is 10.2 Å². The Morgan fingerprint density at radius 1 is 1.26 bits per heavy atom. The van der Waals surface area contributed by atoms with Crippen molar-refractivity contribution >= 4 is 11.9 Å². The summed E-state index contributed by atoms with van der Waals surface area (Å²) < 4.78 is 5.37. The lowest BCUT2D eigenvalue weighted by Gasteiger charge is -2.58. The van der Waals surface area contributed by atoms with Crippen LogP contribution in [0.2, 0.25) is 0 Å². The van der Waals surface area contributed by atoms with Crippen molar-refractivity contribution in [3.63, 3.8) is 0 Å². The van der Waals surface area contributed by atoms with Crippen LogP contribution in [0.5, 0.6) is 0 Å². The van der Waals surface area contributed by atoms with E-state index in [1.54, 1.807) is 6.20 Å². The maximum atomic E-state index is 12.9. The molecule has 1 aromatic heterocycles. The largest absolute Gasteiger partial charge is 0.390 e. The Balaban J connectivity index is 1.30. The summed E-state index contributed by atoms with van der Waals surface area (Å²) in [5, 5.41) is 14.0. The predicted octanol–water partition coefficient (Wildman–Crippen LogP) is 1.29. The minimum atomic E-state index is -0.476. The molecule has 2 N–H and O–H groups in total. The van der Waals surface area contributed by atoms with E-state index in [1.165, 1.54) is 0 Å². The van der Waals surface area contributed by atoms with Crippen LogP contribution in [0.25, 0.3) is 0 Å². The van der Waals surface area contributed by atoms with Crippen molar-refractivity contribution in [3.05, 3.63) is 17.5 Å². The van der Waals surface area contributed by atoms with Crippen LogP contribution in [-0.4, -0.2) is 58.9 Å². The first-order chi connectivity index (χ1) is 13.0. The third kappa shape index (κ3) is 3.10. The van der Waals surface area contributed by atoms with Gasteiger partial charge in [-0.15, -0.1) is 0 Å². The van der Waals surface area contributed by atoms with Gasteiger partial charge in [-0.3, -0.25) is 4.79 Å². The Bertz CT molecular complexity index is 733. The molecule has 27 heavy (non-hydrogen) atoms. The van der Waals surface area contributed by atoms with Crippen molar-refractivity contribution < 1.29 is 14.6 Å². The second-order valence-electron chi connectivity index (χ2n) is 8.96. The van der Waals surface area contributed by atoms with Gasteiger partial charge in [-0.05, 0) is 56.8 Å². The van der Waals surface area contributed by atoms with Crippen LogP contribution in [0, 0.1) is 24.7 Å². The molecule has 4 saturated carbocycles. The molecule has 4 bridgehead atoms. The topological polar surface area (TPSA) is 87.6 Å². The first-order valence-electron chi connectivity index (χ1n) is 10.2. The van der Waals surface area contributed by atoms with E-state index >= 15 is 0 Å². The van der Waals surface area contributed by atoms with Crippen molar-refractivity contribution in [2.75, 3.05) is 31.2 Å². The summed E-state index contributed by atoms with van der Waals surface area (Å²) in [5.74, 6) is 2.03. The molecule has 1 aliphatic heterocycles. The first kappa shape index (κ1) is 17.4. The molecule has 2 atom stereocenters. The van der Waals surface area contributed by atoms with Gasteiger partial charge in [0.2, 0.25) is 5.95 Å². The van der Waals surface area contributed by atoms with E-state index in [1.807, 2.05) is 6.92 Å². The monoisotopic (exact) mass is 372 g/mol. The molecule has 7 heteroatoms. The molecule has 0 radical (unpaired) electrons. The SMILES string of the molecule is Cc1nc(N2CCOCC2)ncc1C(=O)NC1C2CC3CC1CC(O)(C3)C2. The van der Waals surface area contributed by atoms with Gasteiger partial charge in [0.05, 0.1) is 30.1 Å². The third-order valence-corrected chi connectivity index (χ3v) is 7.04. The van der Waals surface area contributed by atoms with Crippen LogP contribution in [0.3, 0.4) is 0 Å². The molecule has 1 saturated heterocycles. The Hall–Kier alpha value is -1.73. The molecule has 146 valence electrons. The maximum absolute atomic E-state index is 12.9. The van der Waals surface area contributed by atoms with Crippen molar-refractivity contribution in [3.8, 4) is 0 Å². The Morgan fingerprint density at radius 2 is 1.96 bits per heavy atom. The van der Waals surface area contributed by atoms with Crippen molar-refractivity contribution in [2.24, 2.45) is 17.8 Å². The van der Waals surface area contributed by atoms with Gasteiger partial charge >= 0.3 is 0 Å². The number of amides is 1. The summed E-state index contributed by atoms with van der Waals surface area (Å²) in [6, 6.07) is 0.174. The average Bonchev–Trinajstić information content (AvgIpc) is 2.64. The summed E-state index contributed by atoms with van der Waals surface area (Å²) in [5.41, 5.74) is 0.794. The zero-order chi connectivity index (χ0) is 18.6. The quantitative estimate of drug-likeness (QED) is 0.831. The lowest BCUT2D eigenvalue weighted by Crippen LogP contribution is -2.61.